The smallest absolute Gasteiger partial charge is 0.232 e. The van der Waals surface area contributed by atoms with Crippen LogP contribution in [0.5, 0.6) is 0 Å². The molecule has 3 aliphatic rings. The summed E-state index contributed by atoms with van der Waals surface area (Å²) in [6, 6.07) is 0.819. The number of piperazine rings is 1. The molecule has 8 heteroatoms. The number of hydrogen-bond acceptors (Lipinski definition) is 7. The average molecular weight is 430 g/mol. The van der Waals surface area contributed by atoms with Crippen LogP contribution >= 0.6 is 0 Å². The molecule has 3 heterocycles. The van der Waals surface area contributed by atoms with Gasteiger partial charge in [0.05, 0.1) is 6.42 Å². The van der Waals surface area contributed by atoms with Crippen LogP contribution in [0.3, 0.4) is 0 Å². The molecule has 8 nitrogen and oxygen atoms in total. The second kappa shape index (κ2) is 10.6. The molecule has 1 amide bonds. The lowest BCUT2D eigenvalue weighted by atomic mass is 9.94. The molecule has 0 unspecified atom stereocenters. The minimum absolute atomic E-state index is 0.0869. The number of fused-ring (bicyclic) bond motifs is 1. The first kappa shape index (κ1) is 22.3. The van der Waals surface area contributed by atoms with E-state index in [9.17, 15) is 4.79 Å². The summed E-state index contributed by atoms with van der Waals surface area (Å²) in [6.07, 6.45) is 10.4. The fourth-order valence-electron chi connectivity index (χ4n) is 5.18. The van der Waals surface area contributed by atoms with Gasteiger partial charge < -0.3 is 16.0 Å². The van der Waals surface area contributed by atoms with Gasteiger partial charge in [-0.3, -0.25) is 14.6 Å². The second-order valence-electron chi connectivity index (χ2n) is 9.26. The van der Waals surface area contributed by atoms with E-state index in [1.54, 1.807) is 0 Å². The van der Waals surface area contributed by atoms with Gasteiger partial charge >= 0.3 is 0 Å². The minimum atomic E-state index is 0.0869. The first-order valence-electron chi connectivity index (χ1n) is 12.3. The zero-order valence-electron chi connectivity index (χ0n) is 19.1. The SMILES string of the molecule is CCCCNc1nc(N)c2c(n1)N(CCCN1CCN(C3CCCCC3)CC1)C(=O)C2. The first-order chi connectivity index (χ1) is 15.2. The van der Waals surface area contributed by atoms with Gasteiger partial charge in [-0.05, 0) is 32.2 Å². The molecule has 1 saturated heterocycles. The van der Waals surface area contributed by atoms with Gasteiger partial charge in [-0.25, -0.2) is 0 Å². The van der Waals surface area contributed by atoms with Crippen molar-refractivity contribution in [1.82, 2.24) is 19.8 Å². The number of carbonyl (C=O) groups excluding carboxylic acids is 1. The zero-order valence-corrected chi connectivity index (χ0v) is 19.1. The number of nitrogens with zero attached hydrogens (tertiary/aromatic N) is 5. The number of hydrogen-bond donors (Lipinski definition) is 2. The van der Waals surface area contributed by atoms with Gasteiger partial charge in [-0.1, -0.05) is 32.6 Å². The minimum Gasteiger partial charge on any atom is -0.383 e. The third-order valence-electron chi connectivity index (χ3n) is 7.07. The van der Waals surface area contributed by atoms with Crippen molar-refractivity contribution in [2.45, 2.75) is 70.8 Å². The maximum atomic E-state index is 12.6. The van der Waals surface area contributed by atoms with Crippen LogP contribution in [0, 0.1) is 0 Å². The van der Waals surface area contributed by atoms with E-state index >= 15 is 0 Å². The average Bonchev–Trinajstić information content (AvgIpc) is 3.11. The van der Waals surface area contributed by atoms with E-state index in [1.165, 1.54) is 45.2 Å². The van der Waals surface area contributed by atoms with Crippen LogP contribution in [0.1, 0.15) is 63.9 Å². The summed E-state index contributed by atoms with van der Waals surface area (Å²) >= 11 is 0. The molecule has 4 rings (SSSR count). The molecule has 1 aromatic rings. The Morgan fingerprint density at radius 3 is 2.55 bits per heavy atom. The number of nitrogens with two attached hydrogens (primary N) is 1. The van der Waals surface area contributed by atoms with E-state index in [0.717, 1.165) is 57.0 Å². The molecule has 3 N–H and O–H groups in total. The predicted molar refractivity (Wildman–Crippen MR) is 125 cm³/mol. The lowest BCUT2D eigenvalue weighted by Crippen LogP contribution is -2.51. The van der Waals surface area contributed by atoms with Gasteiger partial charge in [0.2, 0.25) is 11.9 Å². The number of anilines is 3. The van der Waals surface area contributed by atoms with Crippen molar-refractivity contribution < 1.29 is 4.79 Å². The second-order valence-corrected chi connectivity index (χ2v) is 9.26. The quantitative estimate of drug-likeness (QED) is 0.583. The van der Waals surface area contributed by atoms with Crippen LogP contribution in [0.2, 0.25) is 0 Å². The summed E-state index contributed by atoms with van der Waals surface area (Å²) < 4.78 is 0. The maximum absolute atomic E-state index is 12.6. The Hall–Kier alpha value is -1.93. The molecule has 2 aliphatic heterocycles. The van der Waals surface area contributed by atoms with Crippen LogP contribution in [-0.2, 0) is 11.2 Å². The molecule has 0 aromatic carbocycles. The highest BCUT2D eigenvalue weighted by Gasteiger charge is 2.32. The molecule has 1 aromatic heterocycles. The van der Waals surface area contributed by atoms with Crippen molar-refractivity contribution >= 4 is 23.5 Å². The van der Waals surface area contributed by atoms with E-state index in [0.29, 0.717) is 30.5 Å². The molecule has 1 aliphatic carbocycles. The summed E-state index contributed by atoms with van der Waals surface area (Å²) in [5.74, 6) is 1.75. The lowest BCUT2D eigenvalue weighted by Gasteiger charge is -2.40. The Morgan fingerprint density at radius 2 is 1.81 bits per heavy atom. The highest BCUT2D eigenvalue weighted by Crippen LogP contribution is 2.31. The molecule has 0 bridgehead atoms. The summed E-state index contributed by atoms with van der Waals surface area (Å²) in [5.41, 5.74) is 6.92. The highest BCUT2D eigenvalue weighted by atomic mass is 16.2. The largest absolute Gasteiger partial charge is 0.383 e. The van der Waals surface area contributed by atoms with Crippen molar-refractivity contribution in [3.63, 3.8) is 0 Å². The van der Waals surface area contributed by atoms with Crippen LogP contribution in [0.15, 0.2) is 0 Å². The Morgan fingerprint density at radius 1 is 1.03 bits per heavy atom. The lowest BCUT2D eigenvalue weighted by molar-refractivity contribution is -0.117. The standard InChI is InChI=1S/C23H39N7O/c1-2-3-10-25-23-26-21(24)19-17-20(31)30(22(19)27-23)12-7-11-28-13-15-29(16-14-28)18-8-5-4-6-9-18/h18H,2-17H2,1H3,(H3,24,25,26,27). The predicted octanol–water partition coefficient (Wildman–Crippen LogP) is 2.50. The van der Waals surface area contributed by atoms with Gasteiger partial charge in [0, 0.05) is 50.9 Å². The van der Waals surface area contributed by atoms with Crippen molar-refractivity contribution in [3.05, 3.63) is 5.56 Å². The molecular formula is C23H39N7O. The molecule has 2 fully saturated rings. The number of aromatic nitrogens is 2. The molecular weight excluding hydrogens is 390 g/mol. The Bertz CT molecular complexity index is 742. The Kier molecular flexibility index (Phi) is 7.61. The van der Waals surface area contributed by atoms with Gasteiger partial charge in [0.25, 0.3) is 0 Å². The van der Waals surface area contributed by atoms with Gasteiger partial charge in [0.15, 0.2) is 0 Å². The summed E-state index contributed by atoms with van der Waals surface area (Å²) in [6.45, 7) is 9.34. The summed E-state index contributed by atoms with van der Waals surface area (Å²) in [7, 11) is 0. The Balaban J connectivity index is 1.26. The van der Waals surface area contributed by atoms with Crippen LogP contribution in [0.4, 0.5) is 17.6 Å². The molecule has 1 saturated carbocycles. The molecule has 0 spiro atoms. The maximum Gasteiger partial charge on any atom is 0.232 e. The third-order valence-corrected chi connectivity index (χ3v) is 7.07. The molecule has 31 heavy (non-hydrogen) atoms. The first-order valence-corrected chi connectivity index (χ1v) is 12.3. The van der Waals surface area contributed by atoms with Crippen LogP contribution in [-0.4, -0.2) is 77.5 Å². The van der Waals surface area contributed by atoms with E-state index in [2.05, 4.69) is 32.0 Å². The number of unbranched alkanes of at least 4 members (excludes halogenated alkanes) is 1. The molecule has 0 atom stereocenters. The van der Waals surface area contributed by atoms with Crippen molar-refractivity contribution in [1.29, 1.82) is 0 Å². The fraction of sp³-hybridized carbons (Fsp3) is 0.783. The van der Waals surface area contributed by atoms with Crippen LogP contribution in [0.25, 0.3) is 0 Å². The number of amides is 1. The van der Waals surface area contributed by atoms with Crippen molar-refractivity contribution in [2.24, 2.45) is 0 Å². The number of nitrogens with one attached hydrogen (secondary N) is 1. The number of nitrogen functional groups attached to an aromatic ring is 1. The van der Waals surface area contributed by atoms with Gasteiger partial charge in [-0.2, -0.15) is 9.97 Å². The van der Waals surface area contributed by atoms with E-state index in [-0.39, 0.29) is 5.91 Å². The molecule has 0 radical (unpaired) electrons. The third kappa shape index (κ3) is 5.47. The van der Waals surface area contributed by atoms with Crippen LogP contribution < -0.4 is 16.0 Å². The Labute approximate surface area is 186 Å². The zero-order chi connectivity index (χ0) is 21.6. The molecule has 172 valence electrons. The number of carbonyl (C=O) groups is 1. The van der Waals surface area contributed by atoms with Gasteiger partial charge in [0.1, 0.15) is 11.6 Å². The van der Waals surface area contributed by atoms with E-state index in [1.807, 2.05) is 4.90 Å². The topological polar surface area (TPSA) is 90.6 Å². The van der Waals surface area contributed by atoms with Gasteiger partial charge in [-0.15, -0.1) is 0 Å². The van der Waals surface area contributed by atoms with Crippen molar-refractivity contribution in [3.8, 4) is 0 Å². The fourth-order valence-corrected chi connectivity index (χ4v) is 5.18. The summed E-state index contributed by atoms with van der Waals surface area (Å²) in [5, 5.41) is 3.24. The number of rotatable bonds is 9. The van der Waals surface area contributed by atoms with E-state index in [4.69, 9.17) is 5.73 Å². The highest BCUT2D eigenvalue weighted by molar-refractivity contribution is 6.01. The monoisotopic (exact) mass is 429 g/mol. The van der Waals surface area contributed by atoms with Crippen molar-refractivity contribution in [2.75, 3.05) is 61.8 Å². The normalized spacial score (nSPS) is 20.9. The summed E-state index contributed by atoms with van der Waals surface area (Å²) in [4.78, 5) is 28.7. The van der Waals surface area contributed by atoms with E-state index < -0.39 is 0 Å².